The summed E-state index contributed by atoms with van der Waals surface area (Å²) in [4.78, 5) is 48.7. The van der Waals surface area contributed by atoms with Gasteiger partial charge >= 0.3 is 11.9 Å². The van der Waals surface area contributed by atoms with E-state index in [1.807, 2.05) is 0 Å². The van der Waals surface area contributed by atoms with E-state index in [9.17, 15) is 24.3 Å². The van der Waals surface area contributed by atoms with Crippen molar-refractivity contribution in [1.29, 1.82) is 0 Å². The van der Waals surface area contributed by atoms with Crippen molar-refractivity contribution in [3.05, 3.63) is 102 Å². The van der Waals surface area contributed by atoms with Crippen LogP contribution in [0.1, 0.15) is 31.1 Å². The first-order valence-corrected chi connectivity index (χ1v) is 11.7. The van der Waals surface area contributed by atoms with E-state index < -0.39 is 17.8 Å². The fourth-order valence-electron chi connectivity index (χ4n) is 3.61. The molecule has 180 valence electrons. The molecule has 0 atom stereocenters. The van der Waals surface area contributed by atoms with Crippen LogP contribution >= 0.6 is 11.8 Å². The number of aromatic carboxylic acids is 2. The van der Waals surface area contributed by atoms with Gasteiger partial charge in [0.15, 0.2) is 0 Å². The van der Waals surface area contributed by atoms with Crippen molar-refractivity contribution in [2.24, 2.45) is 0 Å². The molecule has 0 unspecified atom stereocenters. The highest BCUT2D eigenvalue weighted by molar-refractivity contribution is 8.00. The van der Waals surface area contributed by atoms with E-state index in [2.05, 4.69) is 10.6 Å². The Morgan fingerprint density at radius 1 is 0.694 bits per heavy atom. The summed E-state index contributed by atoms with van der Waals surface area (Å²) in [6.45, 7) is 0. The zero-order chi connectivity index (χ0) is 25.7. The lowest BCUT2D eigenvalue weighted by molar-refractivity contribution is -0.113. The SMILES string of the molecule is O=C(CSc1cccc(NC(=O)c2cccc3cccc(C(=O)O)c23)c1)Nc1ccc(C(=O)O)cc1. The minimum atomic E-state index is -1.12. The van der Waals surface area contributed by atoms with Gasteiger partial charge in [0.25, 0.3) is 5.91 Å². The number of carbonyl (C=O) groups excluding carboxylic acids is 2. The first kappa shape index (κ1) is 24.5. The van der Waals surface area contributed by atoms with Crippen LogP contribution in [0.15, 0.2) is 89.8 Å². The van der Waals surface area contributed by atoms with Gasteiger partial charge in [-0.05, 0) is 60.0 Å². The standard InChI is InChI=1S/C27H20N2O6S/c30-23(28-18-12-10-17(11-13-18)26(32)33)15-36-20-7-3-6-19(14-20)29-25(31)21-8-1-4-16-5-2-9-22(24(16)21)27(34)35/h1-14H,15H2,(H,28,30)(H,29,31)(H,32,33)(H,34,35). The maximum Gasteiger partial charge on any atom is 0.336 e. The highest BCUT2D eigenvalue weighted by atomic mass is 32.2. The largest absolute Gasteiger partial charge is 0.478 e. The topological polar surface area (TPSA) is 133 Å². The third-order valence-electron chi connectivity index (χ3n) is 5.26. The van der Waals surface area contributed by atoms with Crippen molar-refractivity contribution in [2.45, 2.75) is 4.90 Å². The third-order valence-corrected chi connectivity index (χ3v) is 6.25. The first-order valence-electron chi connectivity index (χ1n) is 10.7. The van der Waals surface area contributed by atoms with Crippen LogP contribution in [0, 0.1) is 0 Å². The van der Waals surface area contributed by atoms with Crippen LogP contribution in [-0.2, 0) is 4.79 Å². The van der Waals surface area contributed by atoms with Crippen molar-refractivity contribution in [3.8, 4) is 0 Å². The molecule has 0 aliphatic heterocycles. The minimum absolute atomic E-state index is 0.0474. The molecule has 0 fully saturated rings. The molecule has 0 aliphatic carbocycles. The second kappa shape index (κ2) is 10.7. The number of hydrogen-bond acceptors (Lipinski definition) is 5. The van der Waals surface area contributed by atoms with Gasteiger partial charge in [0.2, 0.25) is 5.91 Å². The molecule has 0 heterocycles. The molecule has 36 heavy (non-hydrogen) atoms. The zero-order valence-electron chi connectivity index (χ0n) is 18.7. The number of anilines is 2. The smallest absolute Gasteiger partial charge is 0.336 e. The number of carboxylic acid groups (broad SMARTS) is 2. The van der Waals surface area contributed by atoms with Crippen LogP contribution in [0.5, 0.6) is 0 Å². The molecule has 4 aromatic rings. The van der Waals surface area contributed by atoms with Crippen LogP contribution in [0.3, 0.4) is 0 Å². The molecule has 9 heteroatoms. The maximum absolute atomic E-state index is 13.0. The number of hydrogen-bond donors (Lipinski definition) is 4. The average molecular weight is 501 g/mol. The van der Waals surface area contributed by atoms with Gasteiger partial charge in [-0.2, -0.15) is 0 Å². The number of fused-ring (bicyclic) bond motifs is 1. The molecule has 0 saturated carbocycles. The molecule has 0 aromatic heterocycles. The Morgan fingerprint density at radius 2 is 1.36 bits per heavy atom. The fraction of sp³-hybridized carbons (Fsp3) is 0.0370. The highest BCUT2D eigenvalue weighted by Crippen LogP contribution is 2.26. The molecule has 4 aromatic carbocycles. The molecule has 2 amide bonds. The normalized spacial score (nSPS) is 10.6. The molecule has 0 radical (unpaired) electrons. The molecule has 0 spiro atoms. The van der Waals surface area contributed by atoms with Gasteiger partial charge in [-0.1, -0.05) is 30.3 Å². The van der Waals surface area contributed by atoms with Crippen molar-refractivity contribution in [1.82, 2.24) is 0 Å². The molecular formula is C27H20N2O6S. The summed E-state index contributed by atoms with van der Waals surface area (Å²) in [5.41, 5.74) is 1.41. The predicted molar refractivity (Wildman–Crippen MR) is 138 cm³/mol. The second-order valence-corrected chi connectivity index (χ2v) is 8.76. The van der Waals surface area contributed by atoms with Gasteiger partial charge in [0, 0.05) is 27.2 Å². The molecule has 0 bridgehead atoms. The van der Waals surface area contributed by atoms with Crippen LogP contribution in [-0.4, -0.2) is 39.7 Å². The van der Waals surface area contributed by atoms with Crippen LogP contribution in [0.2, 0.25) is 0 Å². The summed E-state index contributed by atoms with van der Waals surface area (Å²) >= 11 is 1.27. The van der Waals surface area contributed by atoms with Crippen LogP contribution < -0.4 is 10.6 Å². The average Bonchev–Trinajstić information content (AvgIpc) is 2.87. The molecule has 4 N–H and O–H groups in total. The first-order chi connectivity index (χ1) is 17.3. The summed E-state index contributed by atoms with van der Waals surface area (Å²) in [7, 11) is 0. The number of rotatable bonds is 8. The summed E-state index contributed by atoms with van der Waals surface area (Å²) in [5.74, 6) is -2.77. The van der Waals surface area contributed by atoms with E-state index in [-0.39, 0.29) is 28.4 Å². The van der Waals surface area contributed by atoms with E-state index in [1.165, 1.54) is 42.1 Å². The van der Waals surface area contributed by atoms with E-state index in [0.29, 0.717) is 22.1 Å². The van der Waals surface area contributed by atoms with E-state index in [0.717, 1.165) is 4.90 Å². The van der Waals surface area contributed by atoms with Gasteiger partial charge in [0.1, 0.15) is 0 Å². The Morgan fingerprint density at radius 3 is 2.03 bits per heavy atom. The quantitative estimate of drug-likeness (QED) is 0.244. The number of thioether (sulfide) groups is 1. The number of nitrogens with one attached hydrogen (secondary N) is 2. The lowest BCUT2D eigenvalue weighted by atomic mass is 9.98. The Bertz CT molecular complexity index is 1480. The Hall–Kier alpha value is -4.63. The lowest BCUT2D eigenvalue weighted by Gasteiger charge is -2.11. The molecule has 0 saturated heterocycles. The Balaban J connectivity index is 1.43. The monoisotopic (exact) mass is 500 g/mol. The predicted octanol–water partition coefficient (Wildman–Crippen LogP) is 5.22. The van der Waals surface area contributed by atoms with Crippen molar-refractivity contribution < 1.29 is 29.4 Å². The fourth-order valence-corrected chi connectivity index (χ4v) is 4.37. The van der Waals surface area contributed by atoms with Gasteiger partial charge in [-0.3, -0.25) is 9.59 Å². The third kappa shape index (κ3) is 5.70. The van der Waals surface area contributed by atoms with E-state index in [1.54, 1.807) is 54.6 Å². The Labute approximate surface area is 210 Å². The molecule has 8 nitrogen and oxygen atoms in total. The van der Waals surface area contributed by atoms with Gasteiger partial charge in [0.05, 0.1) is 16.9 Å². The number of carbonyl (C=O) groups is 4. The minimum Gasteiger partial charge on any atom is -0.478 e. The maximum atomic E-state index is 13.0. The summed E-state index contributed by atoms with van der Waals surface area (Å²) in [6, 6.07) is 22.7. The number of benzene rings is 4. The van der Waals surface area contributed by atoms with Crippen LogP contribution in [0.4, 0.5) is 11.4 Å². The number of amides is 2. The van der Waals surface area contributed by atoms with Gasteiger partial charge in [-0.25, -0.2) is 9.59 Å². The number of carboxylic acids is 2. The summed E-state index contributed by atoms with van der Waals surface area (Å²) in [5, 5.41) is 25.0. The van der Waals surface area contributed by atoms with Gasteiger partial charge in [-0.15, -0.1) is 11.8 Å². The Kier molecular flexibility index (Phi) is 7.31. The second-order valence-electron chi connectivity index (χ2n) is 7.72. The van der Waals surface area contributed by atoms with E-state index in [4.69, 9.17) is 5.11 Å². The van der Waals surface area contributed by atoms with Crippen LogP contribution in [0.25, 0.3) is 10.8 Å². The van der Waals surface area contributed by atoms with Crippen molar-refractivity contribution >= 4 is 57.7 Å². The van der Waals surface area contributed by atoms with Crippen molar-refractivity contribution in [2.75, 3.05) is 16.4 Å². The summed E-state index contributed by atoms with van der Waals surface area (Å²) < 4.78 is 0. The molecule has 0 aliphatic rings. The summed E-state index contributed by atoms with van der Waals surface area (Å²) in [6.07, 6.45) is 0. The van der Waals surface area contributed by atoms with Gasteiger partial charge < -0.3 is 20.8 Å². The molecular weight excluding hydrogens is 480 g/mol. The highest BCUT2D eigenvalue weighted by Gasteiger charge is 2.17. The van der Waals surface area contributed by atoms with E-state index >= 15 is 0 Å². The molecule has 4 rings (SSSR count). The lowest BCUT2D eigenvalue weighted by Crippen LogP contribution is -2.14. The zero-order valence-corrected chi connectivity index (χ0v) is 19.5. The van der Waals surface area contributed by atoms with Crippen molar-refractivity contribution in [3.63, 3.8) is 0 Å².